The first kappa shape index (κ1) is 16.4. The Kier molecular flexibility index (Phi) is 4.26. The van der Waals surface area contributed by atoms with E-state index in [0.29, 0.717) is 0 Å². The molecule has 1 fully saturated rings. The molecule has 1 aliphatic heterocycles. The molecule has 8 heteroatoms. The van der Waals surface area contributed by atoms with E-state index < -0.39 is 0 Å². The zero-order valence-electron chi connectivity index (χ0n) is 15.1. The van der Waals surface area contributed by atoms with E-state index in [1.54, 1.807) is 11.2 Å². The number of quaternary nitrogens is 1. The number of hydrogen-bond acceptors (Lipinski definition) is 6. The van der Waals surface area contributed by atoms with Gasteiger partial charge in [0.2, 0.25) is 5.95 Å². The van der Waals surface area contributed by atoms with Crippen LogP contribution in [0.2, 0.25) is 0 Å². The van der Waals surface area contributed by atoms with E-state index in [9.17, 15) is 0 Å². The number of aryl methyl sites for hydroxylation is 1. The van der Waals surface area contributed by atoms with Gasteiger partial charge in [0.05, 0.1) is 31.7 Å². The molecule has 0 bridgehead atoms. The molecule has 1 aliphatic carbocycles. The third-order valence-corrected chi connectivity index (χ3v) is 6.82. The number of rotatable bonds is 4. The Morgan fingerprint density at radius 1 is 1.38 bits per heavy atom. The molecular weight excluding hydrogens is 348 g/mol. The molecule has 0 saturated carbocycles. The first-order chi connectivity index (χ1) is 12.8. The molecule has 0 unspecified atom stereocenters. The van der Waals surface area contributed by atoms with Crippen LogP contribution in [0, 0.1) is 5.92 Å². The summed E-state index contributed by atoms with van der Waals surface area (Å²) >= 11 is 1.84. The van der Waals surface area contributed by atoms with Crippen molar-refractivity contribution in [3.63, 3.8) is 0 Å². The van der Waals surface area contributed by atoms with Crippen LogP contribution in [0.15, 0.2) is 6.33 Å². The number of aromatic nitrogens is 4. The average molecular weight is 374 g/mol. The van der Waals surface area contributed by atoms with Gasteiger partial charge in [0.1, 0.15) is 24.2 Å². The van der Waals surface area contributed by atoms with Crippen molar-refractivity contribution < 1.29 is 9.64 Å². The van der Waals surface area contributed by atoms with E-state index in [-0.39, 0.29) is 0 Å². The lowest BCUT2D eigenvalue weighted by Crippen LogP contribution is -3.14. The fraction of sp³-hybridized carbons (Fsp3) is 0.611. The number of fused-ring (bicyclic) bond motifs is 5. The van der Waals surface area contributed by atoms with Crippen LogP contribution < -0.4 is 10.2 Å². The van der Waals surface area contributed by atoms with Crippen molar-refractivity contribution in [2.75, 3.05) is 44.7 Å². The molecule has 4 heterocycles. The number of hydrogen-bond donors (Lipinski definition) is 2. The molecule has 138 valence electrons. The molecule has 2 N–H and O–H groups in total. The van der Waals surface area contributed by atoms with E-state index >= 15 is 0 Å². The van der Waals surface area contributed by atoms with Gasteiger partial charge >= 0.3 is 0 Å². The molecule has 2 aliphatic rings. The molecule has 5 rings (SSSR count). The number of nitrogens with one attached hydrogen (secondary N) is 2. The number of nitrogens with zero attached hydrogens (tertiary/aromatic N) is 4. The normalized spacial score (nSPS) is 21.3. The van der Waals surface area contributed by atoms with Gasteiger partial charge in [-0.1, -0.05) is 6.92 Å². The maximum absolute atomic E-state index is 5.43. The molecule has 1 saturated heterocycles. The molecule has 0 radical (unpaired) electrons. The Bertz CT molecular complexity index is 929. The summed E-state index contributed by atoms with van der Waals surface area (Å²) in [7, 11) is 0. The van der Waals surface area contributed by atoms with Gasteiger partial charge in [-0.05, 0) is 30.7 Å². The van der Waals surface area contributed by atoms with Crippen molar-refractivity contribution in [1.82, 2.24) is 19.6 Å². The first-order valence-electron chi connectivity index (χ1n) is 9.59. The Labute approximate surface area is 156 Å². The number of thiophene rings is 1. The average Bonchev–Trinajstić information content (AvgIpc) is 3.26. The summed E-state index contributed by atoms with van der Waals surface area (Å²) in [4.78, 5) is 13.7. The van der Waals surface area contributed by atoms with Gasteiger partial charge in [-0.3, -0.25) is 0 Å². The quantitative estimate of drug-likeness (QED) is 0.708. The summed E-state index contributed by atoms with van der Waals surface area (Å²) in [6.45, 7) is 8.19. The van der Waals surface area contributed by atoms with Gasteiger partial charge in [-0.25, -0.2) is 9.97 Å². The van der Waals surface area contributed by atoms with Crippen LogP contribution in [-0.4, -0.2) is 59.0 Å². The smallest absolute Gasteiger partial charge is 0.227 e. The molecule has 7 nitrogen and oxygen atoms in total. The molecule has 0 amide bonds. The lowest BCUT2D eigenvalue weighted by atomic mass is 9.89. The van der Waals surface area contributed by atoms with E-state index in [2.05, 4.69) is 22.3 Å². The number of anilines is 1. The predicted octanol–water partition coefficient (Wildman–Crippen LogP) is 0.791. The minimum Gasteiger partial charge on any atom is -0.370 e. The van der Waals surface area contributed by atoms with Gasteiger partial charge in [-0.2, -0.15) is 9.61 Å². The molecule has 3 aromatic heterocycles. The summed E-state index contributed by atoms with van der Waals surface area (Å²) in [5, 5.41) is 9.16. The van der Waals surface area contributed by atoms with E-state index in [4.69, 9.17) is 9.72 Å². The van der Waals surface area contributed by atoms with Crippen LogP contribution in [-0.2, 0) is 17.6 Å². The second-order valence-electron chi connectivity index (χ2n) is 7.50. The minimum absolute atomic E-state index is 0.734. The minimum atomic E-state index is 0.734. The molecule has 1 atom stereocenters. The zero-order valence-corrected chi connectivity index (χ0v) is 15.9. The van der Waals surface area contributed by atoms with Gasteiger partial charge in [-0.15, -0.1) is 11.3 Å². The van der Waals surface area contributed by atoms with Crippen molar-refractivity contribution >= 4 is 33.1 Å². The molecule has 26 heavy (non-hydrogen) atoms. The number of morpholine rings is 1. The van der Waals surface area contributed by atoms with Crippen molar-refractivity contribution in [3.8, 4) is 0 Å². The van der Waals surface area contributed by atoms with Crippen LogP contribution in [0.4, 0.5) is 5.95 Å². The second kappa shape index (κ2) is 6.75. The largest absolute Gasteiger partial charge is 0.370 e. The molecule has 0 spiro atoms. The summed E-state index contributed by atoms with van der Waals surface area (Å²) < 4.78 is 7.31. The van der Waals surface area contributed by atoms with Crippen LogP contribution in [0.3, 0.4) is 0 Å². The molecule has 0 aromatic carbocycles. The van der Waals surface area contributed by atoms with Crippen LogP contribution in [0.1, 0.15) is 23.8 Å². The Balaban J connectivity index is 1.45. The van der Waals surface area contributed by atoms with Crippen molar-refractivity contribution in [2.24, 2.45) is 5.92 Å². The van der Waals surface area contributed by atoms with E-state index in [1.165, 1.54) is 28.7 Å². The summed E-state index contributed by atoms with van der Waals surface area (Å²) in [5.74, 6) is 1.54. The highest BCUT2D eigenvalue weighted by Gasteiger charge is 2.24. The first-order valence-corrected chi connectivity index (χ1v) is 10.4. The highest BCUT2D eigenvalue weighted by atomic mass is 32.1. The van der Waals surface area contributed by atoms with Crippen LogP contribution >= 0.6 is 11.3 Å². The van der Waals surface area contributed by atoms with Gasteiger partial charge in [0.25, 0.3) is 0 Å². The van der Waals surface area contributed by atoms with Crippen molar-refractivity contribution in [3.05, 3.63) is 16.8 Å². The van der Waals surface area contributed by atoms with Crippen LogP contribution in [0.25, 0.3) is 15.9 Å². The zero-order chi connectivity index (χ0) is 17.5. The molecular formula is C18H25N6OS+. The van der Waals surface area contributed by atoms with Gasteiger partial charge in [0.15, 0.2) is 5.65 Å². The standard InChI is InChI=1S/C18H24N6OS/c1-12-2-3-14-13(10-12)15-16-20-11-21-24(16)18(22-17(15)26-14)19-4-5-23-6-8-25-9-7-23/h11-12H,2-10H2,1H3,(H,19,22)/p+1/t12-/m1/s1. The second-order valence-corrected chi connectivity index (χ2v) is 8.59. The fourth-order valence-corrected chi connectivity index (χ4v) is 5.35. The summed E-state index contributed by atoms with van der Waals surface area (Å²) in [6.07, 6.45) is 5.22. The van der Waals surface area contributed by atoms with Crippen molar-refractivity contribution in [2.45, 2.75) is 26.2 Å². The monoisotopic (exact) mass is 373 g/mol. The van der Waals surface area contributed by atoms with Gasteiger partial charge in [0, 0.05) is 4.88 Å². The third kappa shape index (κ3) is 2.86. The number of ether oxygens (including phenoxy) is 1. The maximum Gasteiger partial charge on any atom is 0.227 e. The Hall–Kier alpha value is -1.77. The SMILES string of the molecule is C[C@@H]1CCc2sc3nc(NCC[NH+]4CCOCC4)n4ncnc4c3c2C1. The highest BCUT2D eigenvalue weighted by Crippen LogP contribution is 2.39. The highest BCUT2D eigenvalue weighted by molar-refractivity contribution is 7.19. The summed E-state index contributed by atoms with van der Waals surface area (Å²) in [6, 6.07) is 0. The van der Waals surface area contributed by atoms with Crippen LogP contribution in [0.5, 0.6) is 0 Å². The van der Waals surface area contributed by atoms with Gasteiger partial charge < -0.3 is 15.0 Å². The topological polar surface area (TPSA) is 68.8 Å². The van der Waals surface area contributed by atoms with Crippen molar-refractivity contribution in [1.29, 1.82) is 0 Å². The lowest BCUT2D eigenvalue weighted by Gasteiger charge is -2.23. The predicted molar refractivity (Wildman–Crippen MR) is 102 cm³/mol. The maximum atomic E-state index is 5.43. The summed E-state index contributed by atoms with van der Waals surface area (Å²) in [5.41, 5.74) is 2.40. The third-order valence-electron chi connectivity index (χ3n) is 5.63. The van der Waals surface area contributed by atoms with E-state index in [1.807, 2.05) is 15.9 Å². The molecule has 3 aromatic rings. The fourth-order valence-electron chi connectivity index (χ4n) is 4.14. The Morgan fingerprint density at radius 2 is 2.27 bits per heavy atom. The van der Waals surface area contributed by atoms with E-state index in [0.717, 1.165) is 68.2 Å². The lowest BCUT2D eigenvalue weighted by molar-refractivity contribution is -0.906. The Morgan fingerprint density at radius 3 is 3.15 bits per heavy atom.